The van der Waals surface area contributed by atoms with E-state index in [4.69, 9.17) is 5.26 Å². The van der Waals surface area contributed by atoms with Gasteiger partial charge in [-0.15, -0.1) is 0 Å². The highest BCUT2D eigenvalue weighted by Gasteiger charge is 2.32. The smallest absolute Gasteiger partial charge is 0.254 e. The minimum atomic E-state index is -0.000645. The van der Waals surface area contributed by atoms with Gasteiger partial charge >= 0.3 is 0 Å². The molecule has 0 radical (unpaired) electrons. The maximum atomic E-state index is 12.4. The van der Waals surface area contributed by atoms with Crippen LogP contribution in [0.2, 0.25) is 0 Å². The van der Waals surface area contributed by atoms with E-state index in [2.05, 4.69) is 16.4 Å². The Labute approximate surface area is 113 Å². The summed E-state index contributed by atoms with van der Waals surface area (Å²) in [5.74, 6) is 0.712. The van der Waals surface area contributed by atoms with Crippen LogP contribution in [0.1, 0.15) is 36.5 Å². The molecule has 0 atom stereocenters. The molecule has 0 spiro atoms. The monoisotopic (exact) mass is 258 g/mol. The molecule has 0 unspecified atom stereocenters. The Kier molecular flexibility index (Phi) is 4.35. The van der Waals surface area contributed by atoms with Crippen LogP contribution in [0.15, 0.2) is 18.3 Å². The summed E-state index contributed by atoms with van der Waals surface area (Å²) in [6.07, 6.45) is 4.11. The summed E-state index contributed by atoms with van der Waals surface area (Å²) in [6, 6.07) is 5.92. The van der Waals surface area contributed by atoms with Crippen molar-refractivity contribution in [2.45, 2.75) is 32.2 Å². The molecule has 2 rings (SSSR count). The molecule has 1 N–H and O–H groups in total. The number of nitrogens with zero attached hydrogens (tertiary/aromatic N) is 3. The van der Waals surface area contributed by atoms with Crippen LogP contribution in [0, 0.1) is 11.3 Å². The molecule has 100 valence electrons. The van der Waals surface area contributed by atoms with Crippen LogP contribution >= 0.6 is 0 Å². The highest BCUT2D eigenvalue weighted by atomic mass is 16.2. The van der Waals surface area contributed by atoms with Gasteiger partial charge in [0.1, 0.15) is 5.82 Å². The number of anilines is 1. The fourth-order valence-corrected chi connectivity index (χ4v) is 2.01. The quantitative estimate of drug-likeness (QED) is 0.847. The molecule has 0 aliphatic heterocycles. The predicted molar refractivity (Wildman–Crippen MR) is 72.7 cm³/mol. The fraction of sp³-hybridized carbons (Fsp3) is 0.500. The lowest BCUT2D eigenvalue weighted by Crippen LogP contribution is -2.34. The van der Waals surface area contributed by atoms with Crippen molar-refractivity contribution in [3.8, 4) is 6.07 Å². The van der Waals surface area contributed by atoms with E-state index < -0.39 is 0 Å². The van der Waals surface area contributed by atoms with Crippen molar-refractivity contribution >= 4 is 11.7 Å². The molecule has 5 heteroatoms. The second kappa shape index (κ2) is 6.19. The Morgan fingerprint density at radius 3 is 3.05 bits per heavy atom. The van der Waals surface area contributed by atoms with E-state index in [1.54, 1.807) is 18.3 Å². The van der Waals surface area contributed by atoms with Crippen molar-refractivity contribution in [1.29, 1.82) is 5.26 Å². The van der Waals surface area contributed by atoms with Crippen LogP contribution in [0.3, 0.4) is 0 Å². The average Bonchev–Trinajstić information content (AvgIpc) is 3.24. The number of nitriles is 1. The third-order valence-electron chi connectivity index (χ3n) is 3.08. The van der Waals surface area contributed by atoms with Crippen LogP contribution in [-0.2, 0) is 0 Å². The number of rotatable bonds is 6. The van der Waals surface area contributed by atoms with E-state index in [9.17, 15) is 4.79 Å². The standard InChI is InChI=1S/C14H18N4O/c1-2-16-13-10-11(6-8-17-13)14(19)18(9-3-7-15)12-4-5-12/h6,8,10,12H,2-5,9H2,1H3,(H,16,17). The lowest BCUT2D eigenvalue weighted by Gasteiger charge is -2.21. The number of aromatic nitrogens is 1. The maximum Gasteiger partial charge on any atom is 0.254 e. The summed E-state index contributed by atoms with van der Waals surface area (Å²) in [5.41, 5.74) is 0.635. The number of nitrogens with one attached hydrogen (secondary N) is 1. The molecule has 19 heavy (non-hydrogen) atoms. The van der Waals surface area contributed by atoms with E-state index in [0.717, 1.165) is 19.4 Å². The zero-order valence-corrected chi connectivity index (χ0v) is 11.1. The molecule has 1 saturated carbocycles. The first-order chi connectivity index (χ1) is 9.26. The van der Waals surface area contributed by atoms with Crippen molar-refractivity contribution in [1.82, 2.24) is 9.88 Å². The number of carbonyl (C=O) groups is 1. The van der Waals surface area contributed by atoms with Crippen molar-refractivity contribution in [2.24, 2.45) is 0 Å². The first-order valence-corrected chi connectivity index (χ1v) is 6.64. The van der Waals surface area contributed by atoms with E-state index in [0.29, 0.717) is 30.4 Å². The normalized spacial score (nSPS) is 13.7. The van der Waals surface area contributed by atoms with E-state index in [1.807, 2.05) is 11.8 Å². The van der Waals surface area contributed by atoms with Gasteiger partial charge < -0.3 is 10.2 Å². The summed E-state index contributed by atoms with van der Waals surface area (Å²) in [4.78, 5) is 18.4. The molecule has 0 saturated heterocycles. The Bertz CT molecular complexity index is 490. The summed E-state index contributed by atoms with van der Waals surface area (Å²) in [7, 11) is 0. The summed E-state index contributed by atoms with van der Waals surface area (Å²) in [6.45, 7) is 3.27. The second-order valence-electron chi connectivity index (χ2n) is 4.60. The first-order valence-electron chi connectivity index (χ1n) is 6.64. The molecule has 5 nitrogen and oxygen atoms in total. The molecule has 1 aliphatic rings. The van der Waals surface area contributed by atoms with E-state index >= 15 is 0 Å². The summed E-state index contributed by atoms with van der Waals surface area (Å²) in [5, 5.41) is 11.8. The van der Waals surface area contributed by atoms with Crippen LogP contribution in [-0.4, -0.2) is 34.9 Å². The Morgan fingerprint density at radius 2 is 2.42 bits per heavy atom. The predicted octanol–water partition coefficient (Wildman–Crippen LogP) is 2.03. The van der Waals surface area contributed by atoms with Crippen molar-refractivity contribution < 1.29 is 4.79 Å². The van der Waals surface area contributed by atoms with E-state index in [1.165, 1.54) is 0 Å². The van der Waals surface area contributed by atoms with Crippen LogP contribution in [0.4, 0.5) is 5.82 Å². The molecule has 1 aromatic rings. The molecular formula is C14H18N4O. The third-order valence-corrected chi connectivity index (χ3v) is 3.08. The molecular weight excluding hydrogens is 240 g/mol. The Balaban J connectivity index is 2.12. The molecule has 1 fully saturated rings. The van der Waals surface area contributed by atoms with Crippen LogP contribution in [0.25, 0.3) is 0 Å². The largest absolute Gasteiger partial charge is 0.370 e. The Morgan fingerprint density at radius 1 is 1.63 bits per heavy atom. The zero-order valence-electron chi connectivity index (χ0n) is 11.1. The lowest BCUT2D eigenvalue weighted by molar-refractivity contribution is 0.0747. The first kappa shape index (κ1) is 13.3. The fourth-order valence-electron chi connectivity index (χ4n) is 2.01. The minimum absolute atomic E-state index is 0.000645. The van der Waals surface area contributed by atoms with E-state index in [-0.39, 0.29) is 5.91 Å². The van der Waals surface area contributed by atoms with Gasteiger partial charge in [-0.1, -0.05) is 0 Å². The average molecular weight is 258 g/mol. The SMILES string of the molecule is CCNc1cc(C(=O)N(CCC#N)C2CC2)ccn1. The zero-order chi connectivity index (χ0) is 13.7. The van der Waals surface area contributed by atoms with Crippen molar-refractivity contribution in [3.05, 3.63) is 23.9 Å². The van der Waals surface area contributed by atoms with Gasteiger partial charge in [-0.25, -0.2) is 4.98 Å². The molecule has 1 amide bonds. The van der Waals surface area contributed by atoms with Gasteiger partial charge in [0.15, 0.2) is 0 Å². The molecule has 1 aliphatic carbocycles. The van der Waals surface area contributed by atoms with Gasteiger partial charge in [0.25, 0.3) is 5.91 Å². The number of pyridine rings is 1. The van der Waals surface area contributed by atoms with Gasteiger partial charge in [-0.3, -0.25) is 4.79 Å². The maximum absolute atomic E-state index is 12.4. The number of hydrogen-bond donors (Lipinski definition) is 1. The van der Waals surface area contributed by atoms with Gasteiger partial charge in [-0.05, 0) is 31.9 Å². The van der Waals surface area contributed by atoms with Crippen molar-refractivity contribution in [3.63, 3.8) is 0 Å². The topological polar surface area (TPSA) is 69.0 Å². The van der Waals surface area contributed by atoms with Gasteiger partial charge in [0.2, 0.25) is 0 Å². The van der Waals surface area contributed by atoms with Gasteiger partial charge in [-0.2, -0.15) is 5.26 Å². The lowest BCUT2D eigenvalue weighted by atomic mass is 10.2. The van der Waals surface area contributed by atoms with Crippen LogP contribution < -0.4 is 5.32 Å². The number of hydrogen-bond acceptors (Lipinski definition) is 4. The highest BCUT2D eigenvalue weighted by molar-refractivity contribution is 5.95. The van der Waals surface area contributed by atoms with Gasteiger partial charge in [0.05, 0.1) is 12.5 Å². The van der Waals surface area contributed by atoms with Crippen molar-refractivity contribution in [2.75, 3.05) is 18.4 Å². The second-order valence-corrected chi connectivity index (χ2v) is 4.60. The molecule has 1 heterocycles. The molecule has 0 aromatic carbocycles. The third kappa shape index (κ3) is 3.44. The molecule has 1 aromatic heterocycles. The van der Waals surface area contributed by atoms with Gasteiger partial charge in [0, 0.05) is 30.9 Å². The summed E-state index contributed by atoms with van der Waals surface area (Å²) < 4.78 is 0. The van der Waals surface area contributed by atoms with Crippen LogP contribution in [0.5, 0.6) is 0 Å². The number of amides is 1. The molecule has 0 bridgehead atoms. The summed E-state index contributed by atoms with van der Waals surface area (Å²) >= 11 is 0. The minimum Gasteiger partial charge on any atom is -0.370 e. The highest BCUT2D eigenvalue weighted by Crippen LogP contribution is 2.28. The Hall–Kier alpha value is -2.09. The number of carbonyl (C=O) groups excluding carboxylic acids is 1.